The Labute approximate surface area is 167 Å². The molecule has 0 N–H and O–H groups in total. The van der Waals surface area contributed by atoms with Crippen LogP contribution in [0.5, 0.6) is 0 Å². The third kappa shape index (κ3) is 5.68. The van der Waals surface area contributed by atoms with Crippen molar-refractivity contribution in [2.24, 2.45) is 0 Å². The fourth-order valence-corrected chi connectivity index (χ4v) is 3.35. The molecule has 6 nitrogen and oxygen atoms in total. The highest BCUT2D eigenvalue weighted by molar-refractivity contribution is 5.92. The van der Waals surface area contributed by atoms with Gasteiger partial charge in [0.1, 0.15) is 5.60 Å². The second kappa shape index (κ2) is 9.04. The fourth-order valence-electron chi connectivity index (χ4n) is 3.35. The van der Waals surface area contributed by atoms with Crippen molar-refractivity contribution >= 4 is 17.8 Å². The number of piperidine rings is 1. The van der Waals surface area contributed by atoms with Crippen LogP contribution in [0.4, 0.5) is 0 Å². The van der Waals surface area contributed by atoms with Crippen molar-refractivity contribution in [3.8, 4) is 0 Å². The summed E-state index contributed by atoms with van der Waals surface area (Å²) in [6.07, 6.45) is 2.74. The first kappa shape index (κ1) is 21.7. The van der Waals surface area contributed by atoms with Gasteiger partial charge in [-0.1, -0.05) is 24.8 Å². The van der Waals surface area contributed by atoms with Crippen LogP contribution in [0.2, 0.25) is 0 Å². The average Bonchev–Trinajstić information content (AvgIpc) is 2.66. The molecule has 0 unspecified atom stereocenters. The first-order valence-corrected chi connectivity index (χ1v) is 9.60. The van der Waals surface area contributed by atoms with Gasteiger partial charge in [-0.15, -0.1) is 0 Å². The Balaban J connectivity index is 2.02. The van der Waals surface area contributed by atoms with Crippen molar-refractivity contribution < 1.29 is 19.1 Å². The van der Waals surface area contributed by atoms with Gasteiger partial charge in [0.05, 0.1) is 12.1 Å². The molecule has 0 saturated carbocycles. The van der Waals surface area contributed by atoms with Crippen LogP contribution in [0, 0.1) is 0 Å². The summed E-state index contributed by atoms with van der Waals surface area (Å²) in [5.41, 5.74) is 1.02. The highest BCUT2D eigenvalue weighted by atomic mass is 16.6. The van der Waals surface area contributed by atoms with Crippen LogP contribution in [0.15, 0.2) is 36.9 Å². The summed E-state index contributed by atoms with van der Waals surface area (Å²) < 4.78 is 5.54. The van der Waals surface area contributed by atoms with Crippen LogP contribution in [0.25, 0.3) is 0 Å². The summed E-state index contributed by atoms with van der Waals surface area (Å²) in [6, 6.07) is 7.54. The van der Waals surface area contributed by atoms with E-state index in [-0.39, 0.29) is 30.2 Å². The van der Waals surface area contributed by atoms with Gasteiger partial charge in [0, 0.05) is 20.1 Å². The molecule has 1 fully saturated rings. The zero-order chi connectivity index (χ0) is 20.9. The lowest BCUT2D eigenvalue weighted by molar-refractivity contribution is -0.138. The Hall–Kier alpha value is -2.63. The molecule has 0 atom stereocenters. The van der Waals surface area contributed by atoms with Crippen LogP contribution in [0.1, 0.15) is 55.5 Å². The summed E-state index contributed by atoms with van der Waals surface area (Å²) in [5, 5.41) is 0. The van der Waals surface area contributed by atoms with E-state index in [0.717, 1.165) is 18.4 Å². The number of carbonyl (C=O) groups excluding carboxylic acids is 3. The number of nitrogens with zero attached hydrogens (tertiary/aromatic N) is 2. The summed E-state index contributed by atoms with van der Waals surface area (Å²) in [7, 11) is 1.59. The van der Waals surface area contributed by atoms with Gasteiger partial charge in [-0.3, -0.25) is 9.59 Å². The summed E-state index contributed by atoms with van der Waals surface area (Å²) in [6.45, 7) is 10.2. The minimum atomic E-state index is -0.547. The second-order valence-corrected chi connectivity index (χ2v) is 8.14. The first-order valence-electron chi connectivity index (χ1n) is 9.60. The quantitative estimate of drug-likeness (QED) is 0.576. The third-order valence-electron chi connectivity index (χ3n) is 4.79. The smallest absolute Gasteiger partial charge is 0.338 e. The maximum atomic E-state index is 12.6. The van der Waals surface area contributed by atoms with Crippen molar-refractivity contribution in [3.05, 3.63) is 48.0 Å². The van der Waals surface area contributed by atoms with Crippen molar-refractivity contribution in [2.75, 3.05) is 26.7 Å². The molecule has 1 aromatic carbocycles. The molecule has 2 amide bonds. The van der Waals surface area contributed by atoms with E-state index in [0.29, 0.717) is 18.7 Å². The largest absolute Gasteiger partial charge is 0.456 e. The number of hydrogen-bond donors (Lipinski definition) is 0. The number of amides is 2. The van der Waals surface area contributed by atoms with E-state index in [9.17, 15) is 14.4 Å². The van der Waals surface area contributed by atoms with Crippen molar-refractivity contribution in [2.45, 2.75) is 45.1 Å². The van der Waals surface area contributed by atoms with Gasteiger partial charge in [0.15, 0.2) is 0 Å². The van der Waals surface area contributed by atoms with Gasteiger partial charge in [-0.25, -0.2) is 4.79 Å². The number of benzene rings is 1. The van der Waals surface area contributed by atoms with Gasteiger partial charge < -0.3 is 14.5 Å². The standard InChI is InChI=1S/C22H30N2O4/c1-6-19(25)23(5)15-20(26)24-13-11-16(12-14-24)17-9-7-8-10-18(17)21(27)28-22(2,3)4/h6-10,16H,1,11-15H2,2-5H3. The number of hydrogen-bond acceptors (Lipinski definition) is 4. The molecular weight excluding hydrogens is 356 g/mol. The normalized spacial score (nSPS) is 15.1. The molecule has 0 bridgehead atoms. The number of carbonyl (C=O) groups is 3. The van der Waals surface area contributed by atoms with Crippen LogP contribution >= 0.6 is 0 Å². The number of likely N-dealkylation sites (N-methyl/N-ethyl adjacent to an activating group) is 1. The molecule has 6 heteroatoms. The lowest BCUT2D eigenvalue weighted by Gasteiger charge is -2.34. The summed E-state index contributed by atoms with van der Waals surface area (Å²) >= 11 is 0. The molecule has 1 aliphatic heterocycles. The van der Waals surface area contributed by atoms with E-state index in [1.165, 1.54) is 11.0 Å². The Morgan fingerprint density at radius 3 is 2.39 bits per heavy atom. The Kier molecular flexibility index (Phi) is 7.00. The zero-order valence-electron chi connectivity index (χ0n) is 17.2. The molecule has 152 valence electrons. The van der Waals surface area contributed by atoms with Crippen molar-refractivity contribution in [3.63, 3.8) is 0 Å². The van der Waals surface area contributed by atoms with E-state index in [4.69, 9.17) is 4.74 Å². The van der Waals surface area contributed by atoms with Crippen LogP contribution in [-0.2, 0) is 14.3 Å². The predicted octanol–water partition coefficient (Wildman–Crippen LogP) is 2.99. The van der Waals surface area contributed by atoms with E-state index >= 15 is 0 Å². The minimum absolute atomic E-state index is 0.0457. The molecule has 28 heavy (non-hydrogen) atoms. The van der Waals surface area contributed by atoms with E-state index < -0.39 is 5.60 Å². The molecule has 1 aromatic rings. The molecule has 1 heterocycles. The van der Waals surface area contributed by atoms with E-state index in [2.05, 4.69) is 6.58 Å². The highest BCUT2D eigenvalue weighted by Gasteiger charge is 2.28. The van der Waals surface area contributed by atoms with Crippen LogP contribution in [-0.4, -0.2) is 59.9 Å². The SMILES string of the molecule is C=CC(=O)N(C)CC(=O)N1CCC(c2ccccc2C(=O)OC(C)(C)C)CC1. The van der Waals surface area contributed by atoms with Gasteiger partial charge in [-0.05, 0) is 57.2 Å². The molecule has 2 rings (SSSR count). The van der Waals surface area contributed by atoms with Crippen LogP contribution in [0.3, 0.4) is 0 Å². The molecule has 0 aliphatic carbocycles. The van der Waals surface area contributed by atoms with Gasteiger partial charge in [-0.2, -0.15) is 0 Å². The number of rotatable bonds is 5. The molecule has 1 aliphatic rings. The lowest BCUT2D eigenvalue weighted by atomic mass is 9.86. The first-order chi connectivity index (χ1) is 13.1. The maximum Gasteiger partial charge on any atom is 0.338 e. The Morgan fingerprint density at radius 2 is 1.82 bits per heavy atom. The number of ether oxygens (including phenoxy) is 1. The molecule has 0 spiro atoms. The summed E-state index contributed by atoms with van der Waals surface area (Å²) in [4.78, 5) is 39.7. The van der Waals surface area contributed by atoms with Gasteiger partial charge in [0.25, 0.3) is 0 Å². The van der Waals surface area contributed by atoms with Crippen molar-refractivity contribution in [1.29, 1.82) is 0 Å². The zero-order valence-corrected chi connectivity index (χ0v) is 17.2. The number of likely N-dealkylation sites (tertiary alicyclic amines) is 1. The highest BCUT2D eigenvalue weighted by Crippen LogP contribution is 2.31. The Bertz CT molecular complexity index is 743. The monoisotopic (exact) mass is 386 g/mol. The molecule has 1 saturated heterocycles. The lowest BCUT2D eigenvalue weighted by Crippen LogP contribution is -2.44. The van der Waals surface area contributed by atoms with E-state index in [1.807, 2.05) is 39.0 Å². The van der Waals surface area contributed by atoms with E-state index in [1.54, 1.807) is 18.0 Å². The maximum absolute atomic E-state index is 12.6. The molecular formula is C22H30N2O4. The second-order valence-electron chi connectivity index (χ2n) is 8.14. The van der Waals surface area contributed by atoms with Crippen LogP contribution < -0.4 is 0 Å². The van der Waals surface area contributed by atoms with Gasteiger partial charge in [0.2, 0.25) is 11.8 Å². The topological polar surface area (TPSA) is 66.9 Å². The van der Waals surface area contributed by atoms with Gasteiger partial charge >= 0.3 is 5.97 Å². The fraction of sp³-hybridized carbons (Fsp3) is 0.500. The molecule has 0 radical (unpaired) electrons. The molecule has 0 aromatic heterocycles. The summed E-state index contributed by atoms with van der Waals surface area (Å²) in [5.74, 6) is -0.461. The average molecular weight is 386 g/mol. The minimum Gasteiger partial charge on any atom is -0.456 e. The Morgan fingerprint density at radius 1 is 1.21 bits per heavy atom. The third-order valence-corrected chi connectivity index (χ3v) is 4.79. The number of esters is 1. The van der Waals surface area contributed by atoms with Crippen molar-refractivity contribution in [1.82, 2.24) is 9.80 Å². The predicted molar refractivity (Wildman–Crippen MR) is 108 cm³/mol.